The van der Waals surface area contributed by atoms with Crippen LogP contribution in [0, 0.1) is 11.8 Å². The first-order valence-electron chi connectivity index (χ1n) is 5.99. The van der Waals surface area contributed by atoms with Crippen LogP contribution in [-0.2, 0) is 4.79 Å². The molecule has 0 bridgehead atoms. The van der Waals surface area contributed by atoms with E-state index < -0.39 is 0 Å². The van der Waals surface area contributed by atoms with Crippen molar-refractivity contribution in [1.82, 2.24) is 5.32 Å². The van der Waals surface area contributed by atoms with E-state index in [9.17, 15) is 4.79 Å². The molecule has 4 atom stereocenters. The molecule has 0 saturated carbocycles. The van der Waals surface area contributed by atoms with Crippen LogP contribution < -0.4 is 11.1 Å². The maximum atomic E-state index is 11.7. The molecule has 15 heavy (non-hydrogen) atoms. The molecule has 0 spiro atoms. The molecular weight excluding hydrogens is 188 g/mol. The maximum Gasteiger partial charge on any atom is 0.237 e. The summed E-state index contributed by atoms with van der Waals surface area (Å²) in [5, 5.41) is 2.98. The van der Waals surface area contributed by atoms with Gasteiger partial charge in [-0.1, -0.05) is 40.5 Å². The second kappa shape index (κ2) is 6.83. The zero-order valence-electron chi connectivity index (χ0n) is 10.7. The minimum absolute atomic E-state index is 0.0165. The Hall–Kier alpha value is -0.570. The summed E-state index contributed by atoms with van der Waals surface area (Å²) in [5.41, 5.74) is 5.85. The molecule has 0 aliphatic rings. The van der Waals surface area contributed by atoms with Crippen molar-refractivity contribution in [3.63, 3.8) is 0 Å². The molecule has 0 aliphatic heterocycles. The molecule has 0 aromatic carbocycles. The van der Waals surface area contributed by atoms with E-state index in [1.807, 2.05) is 13.8 Å². The second-order valence-corrected chi connectivity index (χ2v) is 4.59. The quantitative estimate of drug-likeness (QED) is 0.709. The number of carbonyl (C=O) groups excluding carboxylic acids is 1. The minimum Gasteiger partial charge on any atom is -0.352 e. The highest BCUT2D eigenvalue weighted by Gasteiger charge is 2.22. The Labute approximate surface area is 93.8 Å². The Morgan fingerprint density at radius 3 is 2.00 bits per heavy atom. The van der Waals surface area contributed by atoms with E-state index in [4.69, 9.17) is 5.73 Å². The summed E-state index contributed by atoms with van der Waals surface area (Å²) in [4.78, 5) is 11.7. The first kappa shape index (κ1) is 14.4. The number of rotatable bonds is 6. The number of carbonyl (C=O) groups is 1. The topological polar surface area (TPSA) is 55.1 Å². The van der Waals surface area contributed by atoms with E-state index in [2.05, 4.69) is 26.1 Å². The van der Waals surface area contributed by atoms with Gasteiger partial charge in [0.05, 0.1) is 6.04 Å². The third-order valence-corrected chi connectivity index (χ3v) is 3.43. The molecule has 0 radical (unpaired) electrons. The van der Waals surface area contributed by atoms with Crippen LogP contribution in [0.25, 0.3) is 0 Å². The van der Waals surface area contributed by atoms with Crippen molar-refractivity contribution in [1.29, 1.82) is 0 Å². The number of nitrogens with two attached hydrogens (primary N) is 1. The molecule has 3 N–H and O–H groups in total. The van der Waals surface area contributed by atoms with Crippen molar-refractivity contribution in [3.8, 4) is 0 Å². The van der Waals surface area contributed by atoms with Gasteiger partial charge in [0.1, 0.15) is 0 Å². The monoisotopic (exact) mass is 214 g/mol. The van der Waals surface area contributed by atoms with Crippen LogP contribution in [0.3, 0.4) is 0 Å². The summed E-state index contributed by atoms with van der Waals surface area (Å²) >= 11 is 0. The lowest BCUT2D eigenvalue weighted by Crippen LogP contribution is -2.49. The van der Waals surface area contributed by atoms with Crippen molar-refractivity contribution in [2.45, 2.75) is 59.5 Å². The van der Waals surface area contributed by atoms with Crippen molar-refractivity contribution in [2.75, 3.05) is 0 Å². The molecule has 0 fully saturated rings. The Balaban J connectivity index is 4.12. The lowest BCUT2D eigenvalue weighted by Gasteiger charge is -2.24. The Kier molecular flexibility index (Phi) is 6.57. The van der Waals surface area contributed by atoms with Gasteiger partial charge in [0.25, 0.3) is 0 Å². The van der Waals surface area contributed by atoms with E-state index in [0.29, 0.717) is 5.92 Å². The fourth-order valence-electron chi connectivity index (χ4n) is 1.33. The van der Waals surface area contributed by atoms with Crippen LogP contribution in [0.2, 0.25) is 0 Å². The Morgan fingerprint density at radius 1 is 1.13 bits per heavy atom. The minimum atomic E-state index is -0.374. The van der Waals surface area contributed by atoms with Gasteiger partial charge in [-0.05, 0) is 18.8 Å². The van der Waals surface area contributed by atoms with Gasteiger partial charge < -0.3 is 11.1 Å². The SMILES string of the molecule is CCC(C)C(C)NC(=O)C(N)C(C)CC. The molecule has 0 saturated heterocycles. The molecule has 0 aromatic heterocycles. The van der Waals surface area contributed by atoms with Crippen molar-refractivity contribution in [3.05, 3.63) is 0 Å². The largest absolute Gasteiger partial charge is 0.352 e. The van der Waals surface area contributed by atoms with Gasteiger partial charge in [-0.15, -0.1) is 0 Å². The molecule has 90 valence electrons. The highest BCUT2D eigenvalue weighted by atomic mass is 16.2. The van der Waals surface area contributed by atoms with Gasteiger partial charge in [-0.25, -0.2) is 0 Å². The molecule has 0 rings (SSSR count). The van der Waals surface area contributed by atoms with E-state index in [0.717, 1.165) is 12.8 Å². The van der Waals surface area contributed by atoms with E-state index >= 15 is 0 Å². The van der Waals surface area contributed by atoms with Crippen LogP contribution in [0.1, 0.15) is 47.5 Å². The summed E-state index contributed by atoms with van der Waals surface area (Å²) < 4.78 is 0. The van der Waals surface area contributed by atoms with E-state index in [-0.39, 0.29) is 23.9 Å². The smallest absolute Gasteiger partial charge is 0.237 e. The molecule has 1 amide bonds. The predicted octanol–water partition coefficient (Wildman–Crippen LogP) is 1.91. The number of hydrogen-bond acceptors (Lipinski definition) is 2. The molecule has 0 aliphatic carbocycles. The lowest BCUT2D eigenvalue weighted by atomic mass is 9.97. The van der Waals surface area contributed by atoms with E-state index in [1.165, 1.54) is 0 Å². The summed E-state index contributed by atoms with van der Waals surface area (Å²) in [5.74, 6) is 0.726. The number of amides is 1. The third kappa shape index (κ3) is 4.65. The highest BCUT2D eigenvalue weighted by molar-refractivity contribution is 5.82. The number of hydrogen-bond donors (Lipinski definition) is 2. The maximum absolute atomic E-state index is 11.7. The van der Waals surface area contributed by atoms with Gasteiger partial charge in [0.2, 0.25) is 5.91 Å². The van der Waals surface area contributed by atoms with Crippen molar-refractivity contribution < 1.29 is 4.79 Å². The van der Waals surface area contributed by atoms with Crippen molar-refractivity contribution >= 4 is 5.91 Å². The van der Waals surface area contributed by atoms with Gasteiger partial charge in [0, 0.05) is 6.04 Å². The standard InChI is InChI=1S/C12H26N2O/c1-6-8(3)10(5)14-12(15)11(13)9(4)7-2/h8-11H,6-7,13H2,1-5H3,(H,14,15). The summed E-state index contributed by atoms with van der Waals surface area (Å²) in [7, 11) is 0. The third-order valence-electron chi connectivity index (χ3n) is 3.43. The number of nitrogens with one attached hydrogen (secondary N) is 1. The molecule has 0 heterocycles. The van der Waals surface area contributed by atoms with Crippen LogP contribution >= 0.6 is 0 Å². The highest BCUT2D eigenvalue weighted by Crippen LogP contribution is 2.09. The van der Waals surface area contributed by atoms with Crippen LogP contribution in [0.4, 0.5) is 0 Å². The summed E-state index contributed by atoms with van der Waals surface area (Å²) in [6.07, 6.45) is 2.01. The molecule has 3 nitrogen and oxygen atoms in total. The Bertz CT molecular complexity index is 194. The lowest BCUT2D eigenvalue weighted by molar-refractivity contribution is -0.124. The van der Waals surface area contributed by atoms with E-state index in [1.54, 1.807) is 0 Å². The second-order valence-electron chi connectivity index (χ2n) is 4.59. The fraction of sp³-hybridized carbons (Fsp3) is 0.917. The van der Waals surface area contributed by atoms with Gasteiger partial charge >= 0.3 is 0 Å². The predicted molar refractivity (Wildman–Crippen MR) is 64.5 cm³/mol. The Morgan fingerprint density at radius 2 is 1.60 bits per heavy atom. The van der Waals surface area contributed by atoms with Gasteiger partial charge in [-0.3, -0.25) is 4.79 Å². The average Bonchev–Trinajstić information content (AvgIpc) is 2.25. The first-order valence-corrected chi connectivity index (χ1v) is 5.99. The van der Waals surface area contributed by atoms with Crippen molar-refractivity contribution in [2.24, 2.45) is 17.6 Å². The van der Waals surface area contributed by atoms with Gasteiger partial charge in [0.15, 0.2) is 0 Å². The summed E-state index contributed by atoms with van der Waals surface area (Å²) in [6, 6.07) is -0.167. The van der Waals surface area contributed by atoms with Crippen LogP contribution in [0.15, 0.2) is 0 Å². The fourth-order valence-corrected chi connectivity index (χ4v) is 1.33. The van der Waals surface area contributed by atoms with Gasteiger partial charge in [-0.2, -0.15) is 0 Å². The molecular formula is C12H26N2O. The average molecular weight is 214 g/mol. The normalized spacial score (nSPS) is 19.1. The zero-order valence-corrected chi connectivity index (χ0v) is 10.7. The summed E-state index contributed by atoms with van der Waals surface area (Å²) in [6.45, 7) is 10.4. The van der Waals surface area contributed by atoms with Crippen LogP contribution in [0.5, 0.6) is 0 Å². The molecule has 3 heteroatoms. The molecule has 0 aromatic rings. The zero-order chi connectivity index (χ0) is 12.0. The molecule has 4 unspecified atom stereocenters. The first-order chi connectivity index (χ1) is 6.93. The van der Waals surface area contributed by atoms with Crippen LogP contribution in [-0.4, -0.2) is 18.0 Å².